The van der Waals surface area contributed by atoms with Crippen molar-refractivity contribution in [2.75, 3.05) is 39.5 Å². The maximum atomic E-state index is 12.8. The summed E-state index contributed by atoms with van der Waals surface area (Å²) in [5, 5.41) is -0.499. The highest BCUT2D eigenvalue weighted by Crippen LogP contribution is 2.35. The summed E-state index contributed by atoms with van der Waals surface area (Å²) in [5.74, 6) is -0.779. The minimum Gasteiger partial charge on any atom is -0.490 e. The van der Waals surface area contributed by atoms with Crippen LogP contribution in [0.1, 0.15) is 22.8 Å². The standard InChI is InChI=1S/C25H24N2O7S/c1-2-33-20-14-17(8-9-19(20)34-24(30)18-6-4-3-5-7-18)15-21-23(29)27(25(31)35-21)16-22(28)26-10-12-32-13-11-26/h3-9,14-15H,2,10-13,16H2,1H3/b21-15-. The first-order valence-corrected chi connectivity index (χ1v) is 11.9. The van der Waals surface area contributed by atoms with E-state index in [1.165, 1.54) is 0 Å². The minimum absolute atomic E-state index is 0.196. The Hall–Kier alpha value is -3.63. The molecule has 3 amide bonds. The van der Waals surface area contributed by atoms with Crippen LogP contribution in [0.4, 0.5) is 4.79 Å². The fraction of sp³-hybridized carbons (Fsp3) is 0.280. The smallest absolute Gasteiger partial charge is 0.343 e. The molecule has 0 unspecified atom stereocenters. The molecule has 2 aliphatic rings. The molecule has 0 bridgehead atoms. The molecule has 0 atom stereocenters. The van der Waals surface area contributed by atoms with Crippen molar-refractivity contribution in [3.63, 3.8) is 0 Å². The molecule has 4 rings (SSSR count). The molecule has 0 N–H and O–H groups in total. The molecular weight excluding hydrogens is 472 g/mol. The van der Waals surface area contributed by atoms with Gasteiger partial charge in [-0.15, -0.1) is 0 Å². The third-order valence-electron chi connectivity index (χ3n) is 5.31. The molecule has 0 aliphatic carbocycles. The lowest BCUT2D eigenvalue weighted by Gasteiger charge is -2.28. The number of imide groups is 1. The molecule has 2 saturated heterocycles. The molecule has 0 aromatic heterocycles. The Labute approximate surface area is 206 Å². The van der Waals surface area contributed by atoms with Gasteiger partial charge >= 0.3 is 5.97 Å². The second-order valence-corrected chi connectivity index (χ2v) is 8.65. The van der Waals surface area contributed by atoms with Gasteiger partial charge in [0, 0.05) is 13.1 Å². The van der Waals surface area contributed by atoms with Crippen molar-refractivity contribution in [3.8, 4) is 11.5 Å². The quantitative estimate of drug-likeness (QED) is 0.327. The predicted molar refractivity (Wildman–Crippen MR) is 129 cm³/mol. The first-order chi connectivity index (χ1) is 17.0. The highest BCUT2D eigenvalue weighted by molar-refractivity contribution is 8.18. The summed E-state index contributed by atoms with van der Waals surface area (Å²) in [6, 6.07) is 13.4. The van der Waals surface area contributed by atoms with E-state index >= 15 is 0 Å². The number of carbonyl (C=O) groups excluding carboxylic acids is 4. The van der Waals surface area contributed by atoms with Gasteiger partial charge in [-0.3, -0.25) is 19.3 Å². The Kier molecular flexibility index (Phi) is 7.84. The van der Waals surface area contributed by atoms with Crippen molar-refractivity contribution in [2.45, 2.75) is 6.92 Å². The lowest BCUT2D eigenvalue weighted by atomic mass is 10.1. The van der Waals surface area contributed by atoms with Crippen molar-refractivity contribution in [2.24, 2.45) is 0 Å². The number of ether oxygens (including phenoxy) is 3. The molecule has 2 heterocycles. The summed E-state index contributed by atoms with van der Waals surface area (Å²) >= 11 is 0.774. The van der Waals surface area contributed by atoms with E-state index in [4.69, 9.17) is 14.2 Å². The molecule has 0 spiro atoms. The van der Waals surface area contributed by atoms with E-state index in [1.807, 2.05) is 0 Å². The van der Waals surface area contributed by atoms with Crippen LogP contribution < -0.4 is 9.47 Å². The summed E-state index contributed by atoms with van der Waals surface area (Å²) in [6.45, 7) is 3.57. The average Bonchev–Trinajstić information content (AvgIpc) is 3.14. The van der Waals surface area contributed by atoms with Gasteiger partial charge in [0.1, 0.15) is 6.54 Å². The van der Waals surface area contributed by atoms with Gasteiger partial charge in [-0.25, -0.2) is 4.79 Å². The molecule has 2 fully saturated rings. The number of amides is 3. The lowest BCUT2D eigenvalue weighted by molar-refractivity contribution is -0.139. The molecule has 35 heavy (non-hydrogen) atoms. The summed E-state index contributed by atoms with van der Waals surface area (Å²) in [4.78, 5) is 52.9. The number of hydrogen-bond acceptors (Lipinski definition) is 8. The van der Waals surface area contributed by atoms with E-state index in [2.05, 4.69) is 0 Å². The van der Waals surface area contributed by atoms with E-state index in [1.54, 1.807) is 66.4 Å². The SMILES string of the molecule is CCOc1cc(/C=C2\SC(=O)N(CC(=O)N3CCOCC3)C2=O)ccc1OC(=O)c1ccccc1. The number of rotatable bonds is 7. The Balaban J connectivity index is 1.48. The minimum atomic E-state index is -0.529. The van der Waals surface area contributed by atoms with E-state index in [0.29, 0.717) is 49.8 Å². The zero-order valence-electron chi connectivity index (χ0n) is 19.1. The summed E-state index contributed by atoms with van der Waals surface area (Å²) < 4.78 is 16.4. The van der Waals surface area contributed by atoms with Crippen LogP contribution in [0.5, 0.6) is 11.5 Å². The van der Waals surface area contributed by atoms with E-state index in [9.17, 15) is 19.2 Å². The van der Waals surface area contributed by atoms with Crippen LogP contribution in [0, 0.1) is 0 Å². The second-order valence-electron chi connectivity index (χ2n) is 7.66. The Morgan fingerprint density at radius 3 is 2.51 bits per heavy atom. The number of morpholine rings is 1. The average molecular weight is 497 g/mol. The van der Waals surface area contributed by atoms with Crippen LogP contribution in [0.25, 0.3) is 6.08 Å². The Bertz CT molecular complexity index is 1160. The first-order valence-electron chi connectivity index (χ1n) is 11.1. The topological polar surface area (TPSA) is 102 Å². The van der Waals surface area contributed by atoms with Crippen molar-refractivity contribution < 1.29 is 33.4 Å². The molecule has 2 aromatic carbocycles. The zero-order valence-corrected chi connectivity index (χ0v) is 19.9. The molecule has 2 aromatic rings. The van der Waals surface area contributed by atoms with E-state index < -0.39 is 17.1 Å². The summed E-state index contributed by atoms with van der Waals surface area (Å²) in [6.07, 6.45) is 1.55. The highest BCUT2D eigenvalue weighted by Gasteiger charge is 2.37. The normalized spacial score (nSPS) is 17.1. The van der Waals surface area contributed by atoms with E-state index in [0.717, 1.165) is 16.7 Å². The number of benzene rings is 2. The molecular formula is C25H24N2O7S. The number of esters is 1. The first kappa shape index (κ1) is 24.5. The van der Waals surface area contributed by atoms with Gasteiger partial charge in [-0.05, 0) is 54.6 Å². The number of thioether (sulfide) groups is 1. The Morgan fingerprint density at radius 1 is 1.06 bits per heavy atom. The van der Waals surface area contributed by atoms with Crippen molar-refractivity contribution in [1.29, 1.82) is 0 Å². The molecule has 2 aliphatic heterocycles. The fourth-order valence-electron chi connectivity index (χ4n) is 3.54. The molecule has 9 nitrogen and oxygen atoms in total. The third kappa shape index (κ3) is 5.90. The van der Waals surface area contributed by atoms with Crippen LogP contribution in [0.3, 0.4) is 0 Å². The number of hydrogen-bond donors (Lipinski definition) is 0. The van der Waals surface area contributed by atoms with Gasteiger partial charge < -0.3 is 19.1 Å². The maximum absolute atomic E-state index is 12.8. The maximum Gasteiger partial charge on any atom is 0.343 e. The van der Waals surface area contributed by atoms with E-state index in [-0.39, 0.29) is 23.1 Å². The summed E-state index contributed by atoms with van der Waals surface area (Å²) in [7, 11) is 0. The molecule has 10 heteroatoms. The van der Waals surface area contributed by atoms with Gasteiger partial charge in [0.05, 0.1) is 30.3 Å². The summed E-state index contributed by atoms with van der Waals surface area (Å²) in [5.41, 5.74) is 0.984. The van der Waals surface area contributed by atoms with Crippen molar-refractivity contribution in [3.05, 3.63) is 64.6 Å². The van der Waals surface area contributed by atoms with Crippen molar-refractivity contribution >= 4 is 40.9 Å². The number of carbonyl (C=O) groups is 4. The largest absolute Gasteiger partial charge is 0.490 e. The molecule has 0 radical (unpaired) electrons. The highest BCUT2D eigenvalue weighted by atomic mass is 32.2. The Morgan fingerprint density at radius 2 is 1.80 bits per heavy atom. The van der Waals surface area contributed by atoms with Crippen LogP contribution >= 0.6 is 11.8 Å². The van der Waals surface area contributed by atoms with Gasteiger partial charge in [-0.2, -0.15) is 0 Å². The fourth-order valence-corrected chi connectivity index (χ4v) is 4.37. The molecule has 182 valence electrons. The van der Waals surface area contributed by atoms with Gasteiger partial charge in [-0.1, -0.05) is 24.3 Å². The lowest BCUT2D eigenvalue weighted by Crippen LogP contribution is -2.46. The van der Waals surface area contributed by atoms with Crippen LogP contribution in [0.15, 0.2) is 53.4 Å². The van der Waals surface area contributed by atoms with Crippen LogP contribution in [-0.2, 0) is 14.3 Å². The van der Waals surface area contributed by atoms with Gasteiger partial charge in [0.2, 0.25) is 5.91 Å². The number of nitrogens with zero attached hydrogens (tertiary/aromatic N) is 2. The van der Waals surface area contributed by atoms with Crippen LogP contribution in [-0.4, -0.2) is 72.3 Å². The predicted octanol–water partition coefficient (Wildman–Crippen LogP) is 3.20. The zero-order chi connectivity index (χ0) is 24.8. The van der Waals surface area contributed by atoms with Crippen LogP contribution in [0.2, 0.25) is 0 Å². The third-order valence-corrected chi connectivity index (χ3v) is 6.22. The van der Waals surface area contributed by atoms with Crippen molar-refractivity contribution in [1.82, 2.24) is 9.80 Å². The second kappa shape index (κ2) is 11.2. The monoisotopic (exact) mass is 496 g/mol. The van der Waals surface area contributed by atoms with Gasteiger partial charge in [0.15, 0.2) is 11.5 Å². The molecule has 0 saturated carbocycles. The van der Waals surface area contributed by atoms with Gasteiger partial charge in [0.25, 0.3) is 11.1 Å².